The van der Waals surface area contributed by atoms with Gasteiger partial charge in [0.05, 0.1) is 13.2 Å². The van der Waals surface area contributed by atoms with Gasteiger partial charge in [0.15, 0.2) is 0 Å². The first-order valence-electron chi connectivity index (χ1n) is 8.69. The molecule has 21 heavy (non-hydrogen) atoms. The first-order chi connectivity index (χ1) is 10.1. The molecule has 1 N–H and O–H groups in total. The van der Waals surface area contributed by atoms with Gasteiger partial charge in [-0.05, 0) is 38.6 Å². The predicted molar refractivity (Wildman–Crippen MR) is 88.8 cm³/mol. The Morgan fingerprint density at radius 3 is 2.10 bits per heavy atom. The summed E-state index contributed by atoms with van der Waals surface area (Å²) in [6, 6.07) is 1.16. The lowest BCUT2D eigenvalue weighted by molar-refractivity contribution is 0.0520. The fourth-order valence-corrected chi connectivity index (χ4v) is 3.48. The molecule has 0 aromatic carbocycles. The van der Waals surface area contributed by atoms with Gasteiger partial charge in [-0.1, -0.05) is 20.8 Å². The standard InChI is InChI=1S/C17H36N2O2/c1-6-18-16-15(9-10-17(16,4)5)19(11-13-20-7-2)12-14-21-8-3/h15-16,18H,6-14H2,1-5H3. The number of hydrogen-bond donors (Lipinski definition) is 1. The average Bonchev–Trinajstić information content (AvgIpc) is 2.74. The molecule has 0 aromatic heterocycles. The van der Waals surface area contributed by atoms with E-state index in [0.717, 1.165) is 46.1 Å². The second kappa shape index (κ2) is 9.78. The van der Waals surface area contributed by atoms with Crippen LogP contribution in [0.3, 0.4) is 0 Å². The molecule has 0 spiro atoms. The molecule has 0 aliphatic heterocycles. The molecule has 4 nitrogen and oxygen atoms in total. The smallest absolute Gasteiger partial charge is 0.0593 e. The summed E-state index contributed by atoms with van der Waals surface area (Å²) >= 11 is 0. The van der Waals surface area contributed by atoms with Crippen LogP contribution in [0.25, 0.3) is 0 Å². The topological polar surface area (TPSA) is 33.7 Å². The van der Waals surface area contributed by atoms with E-state index in [9.17, 15) is 0 Å². The number of ether oxygens (including phenoxy) is 2. The van der Waals surface area contributed by atoms with Crippen molar-refractivity contribution in [3.05, 3.63) is 0 Å². The first kappa shape index (κ1) is 18.9. The van der Waals surface area contributed by atoms with Crippen LogP contribution in [0.4, 0.5) is 0 Å². The highest BCUT2D eigenvalue weighted by Gasteiger charge is 2.43. The van der Waals surface area contributed by atoms with Crippen molar-refractivity contribution < 1.29 is 9.47 Å². The van der Waals surface area contributed by atoms with Gasteiger partial charge in [-0.15, -0.1) is 0 Å². The van der Waals surface area contributed by atoms with Crippen LogP contribution in [0.1, 0.15) is 47.5 Å². The molecule has 4 heteroatoms. The summed E-state index contributed by atoms with van der Waals surface area (Å²) in [4.78, 5) is 2.58. The highest BCUT2D eigenvalue weighted by atomic mass is 16.5. The van der Waals surface area contributed by atoms with Crippen LogP contribution in [-0.4, -0.2) is 63.0 Å². The van der Waals surface area contributed by atoms with Gasteiger partial charge in [-0.25, -0.2) is 0 Å². The molecule has 1 saturated carbocycles. The van der Waals surface area contributed by atoms with Gasteiger partial charge in [0, 0.05) is 38.4 Å². The largest absolute Gasteiger partial charge is 0.380 e. The Hall–Kier alpha value is -0.160. The maximum Gasteiger partial charge on any atom is 0.0593 e. The Balaban J connectivity index is 2.65. The molecule has 0 radical (unpaired) electrons. The van der Waals surface area contributed by atoms with Crippen molar-refractivity contribution in [3.8, 4) is 0 Å². The van der Waals surface area contributed by atoms with Gasteiger partial charge in [-0.2, -0.15) is 0 Å². The third-order valence-corrected chi connectivity index (χ3v) is 4.66. The zero-order valence-corrected chi connectivity index (χ0v) is 14.8. The Morgan fingerprint density at radius 1 is 1.05 bits per heavy atom. The maximum absolute atomic E-state index is 5.57. The monoisotopic (exact) mass is 300 g/mol. The van der Waals surface area contributed by atoms with E-state index in [0.29, 0.717) is 17.5 Å². The molecule has 0 saturated heterocycles. The SMILES string of the molecule is CCNC1C(N(CCOCC)CCOCC)CCC1(C)C. The minimum absolute atomic E-state index is 0.371. The molecule has 0 aromatic rings. The van der Waals surface area contributed by atoms with Gasteiger partial charge < -0.3 is 14.8 Å². The molecule has 0 heterocycles. The molecule has 126 valence electrons. The van der Waals surface area contributed by atoms with Crippen LogP contribution < -0.4 is 5.32 Å². The van der Waals surface area contributed by atoms with Crippen molar-refractivity contribution in [2.24, 2.45) is 5.41 Å². The fourth-order valence-electron chi connectivity index (χ4n) is 3.48. The third-order valence-electron chi connectivity index (χ3n) is 4.66. The number of rotatable bonds is 11. The molecule has 2 unspecified atom stereocenters. The quantitative estimate of drug-likeness (QED) is 0.595. The van der Waals surface area contributed by atoms with Gasteiger partial charge in [0.2, 0.25) is 0 Å². The second-order valence-corrected chi connectivity index (χ2v) is 6.56. The number of hydrogen-bond acceptors (Lipinski definition) is 4. The van der Waals surface area contributed by atoms with Crippen molar-refractivity contribution in [1.29, 1.82) is 0 Å². The summed E-state index contributed by atoms with van der Waals surface area (Å²) in [7, 11) is 0. The van der Waals surface area contributed by atoms with Crippen LogP contribution in [-0.2, 0) is 9.47 Å². The van der Waals surface area contributed by atoms with E-state index in [-0.39, 0.29) is 0 Å². The van der Waals surface area contributed by atoms with E-state index in [1.54, 1.807) is 0 Å². The molecule has 1 aliphatic carbocycles. The molecular formula is C17H36N2O2. The Morgan fingerprint density at radius 2 is 1.62 bits per heavy atom. The van der Waals surface area contributed by atoms with Crippen molar-refractivity contribution >= 4 is 0 Å². The van der Waals surface area contributed by atoms with Gasteiger partial charge in [0.25, 0.3) is 0 Å². The first-order valence-corrected chi connectivity index (χ1v) is 8.69. The summed E-state index contributed by atoms with van der Waals surface area (Å²) in [5, 5.41) is 3.72. The summed E-state index contributed by atoms with van der Waals surface area (Å²) in [5.41, 5.74) is 0.371. The van der Waals surface area contributed by atoms with Crippen LogP contribution in [0, 0.1) is 5.41 Å². The summed E-state index contributed by atoms with van der Waals surface area (Å²) in [6.07, 6.45) is 2.55. The molecule has 1 rings (SSSR count). The van der Waals surface area contributed by atoms with Crippen LogP contribution >= 0.6 is 0 Å². The molecule has 0 bridgehead atoms. The van der Waals surface area contributed by atoms with E-state index in [4.69, 9.17) is 9.47 Å². The van der Waals surface area contributed by atoms with E-state index < -0.39 is 0 Å². The summed E-state index contributed by atoms with van der Waals surface area (Å²) in [6.45, 7) is 17.4. The van der Waals surface area contributed by atoms with E-state index in [1.165, 1.54) is 12.8 Å². The lowest BCUT2D eigenvalue weighted by Gasteiger charge is -2.37. The molecule has 0 amide bonds. The number of likely N-dealkylation sites (N-methyl/N-ethyl adjacent to an activating group) is 1. The van der Waals surface area contributed by atoms with Crippen molar-refractivity contribution in [1.82, 2.24) is 10.2 Å². The minimum Gasteiger partial charge on any atom is -0.380 e. The minimum atomic E-state index is 0.371. The van der Waals surface area contributed by atoms with Crippen LogP contribution in [0.5, 0.6) is 0 Å². The zero-order valence-electron chi connectivity index (χ0n) is 14.8. The second-order valence-electron chi connectivity index (χ2n) is 6.56. The Kier molecular flexibility index (Phi) is 8.79. The lowest BCUT2D eigenvalue weighted by Crippen LogP contribution is -2.53. The van der Waals surface area contributed by atoms with Gasteiger partial charge in [0.1, 0.15) is 0 Å². The van der Waals surface area contributed by atoms with Crippen molar-refractivity contribution in [3.63, 3.8) is 0 Å². The Bertz CT molecular complexity index is 262. The van der Waals surface area contributed by atoms with Crippen LogP contribution in [0.15, 0.2) is 0 Å². The predicted octanol–water partition coefficient (Wildman–Crippen LogP) is 2.53. The normalized spacial score (nSPS) is 24.9. The van der Waals surface area contributed by atoms with Crippen LogP contribution in [0.2, 0.25) is 0 Å². The third kappa shape index (κ3) is 5.85. The average molecular weight is 300 g/mol. The maximum atomic E-state index is 5.57. The molecule has 2 atom stereocenters. The lowest BCUT2D eigenvalue weighted by atomic mass is 9.86. The van der Waals surface area contributed by atoms with E-state index in [1.807, 2.05) is 0 Å². The van der Waals surface area contributed by atoms with Crippen molar-refractivity contribution in [2.45, 2.75) is 59.5 Å². The number of nitrogens with one attached hydrogen (secondary N) is 1. The Labute approximate surface area is 131 Å². The molecule has 1 fully saturated rings. The van der Waals surface area contributed by atoms with E-state index in [2.05, 4.69) is 44.8 Å². The fraction of sp³-hybridized carbons (Fsp3) is 1.00. The highest BCUT2D eigenvalue weighted by Crippen LogP contribution is 2.39. The number of nitrogens with zero attached hydrogens (tertiary/aromatic N) is 1. The van der Waals surface area contributed by atoms with E-state index >= 15 is 0 Å². The molecular weight excluding hydrogens is 264 g/mol. The van der Waals surface area contributed by atoms with Gasteiger partial charge >= 0.3 is 0 Å². The summed E-state index contributed by atoms with van der Waals surface area (Å²) in [5.74, 6) is 0. The summed E-state index contributed by atoms with van der Waals surface area (Å²) < 4.78 is 11.1. The van der Waals surface area contributed by atoms with Gasteiger partial charge in [-0.3, -0.25) is 4.90 Å². The molecule has 1 aliphatic rings. The zero-order chi connectivity index (χ0) is 15.7. The van der Waals surface area contributed by atoms with Crippen molar-refractivity contribution in [2.75, 3.05) is 46.1 Å². The highest BCUT2D eigenvalue weighted by molar-refractivity contribution is 5.00.